The van der Waals surface area contributed by atoms with Crippen molar-refractivity contribution in [3.63, 3.8) is 0 Å². The Hall–Kier alpha value is -2.58. The van der Waals surface area contributed by atoms with Crippen LogP contribution in [0.2, 0.25) is 5.02 Å². The maximum absolute atomic E-state index is 13.6. The predicted molar refractivity (Wildman–Crippen MR) is 127 cm³/mol. The van der Waals surface area contributed by atoms with Crippen LogP contribution in [0.3, 0.4) is 0 Å². The van der Waals surface area contributed by atoms with Gasteiger partial charge in [0.2, 0.25) is 0 Å². The average Bonchev–Trinajstić information content (AvgIpc) is 3.55. The first-order chi connectivity index (χ1) is 16.4. The predicted octanol–water partition coefficient (Wildman–Crippen LogP) is 3.30. The molecule has 6 rings (SSSR count). The quantitative estimate of drug-likeness (QED) is 0.682. The number of rotatable bonds is 6. The van der Waals surface area contributed by atoms with Crippen molar-refractivity contribution in [1.82, 2.24) is 24.9 Å². The van der Waals surface area contributed by atoms with Gasteiger partial charge in [-0.1, -0.05) is 23.7 Å². The number of hydrogen-bond donors (Lipinski definition) is 1. The fourth-order valence-corrected chi connectivity index (χ4v) is 6.50. The van der Waals surface area contributed by atoms with Crippen LogP contribution in [-0.2, 0) is 24.8 Å². The number of likely N-dealkylation sites (tertiary alicyclic amines) is 1. The van der Waals surface area contributed by atoms with E-state index >= 15 is 0 Å². The molecule has 1 aliphatic carbocycles. The number of carbonyl (C=O) groups excluding carboxylic acids is 2. The maximum atomic E-state index is 13.6. The highest BCUT2D eigenvalue weighted by Crippen LogP contribution is 2.46. The lowest BCUT2D eigenvalue weighted by atomic mass is 9.70. The van der Waals surface area contributed by atoms with E-state index in [-0.39, 0.29) is 23.6 Å². The van der Waals surface area contributed by atoms with E-state index in [0.717, 1.165) is 49.3 Å². The van der Waals surface area contributed by atoms with Crippen molar-refractivity contribution in [2.75, 3.05) is 26.2 Å². The van der Waals surface area contributed by atoms with Gasteiger partial charge in [-0.3, -0.25) is 14.4 Å². The van der Waals surface area contributed by atoms with Gasteiger partial charge >= 0.3 is 6.09 Å². The lowest BCUT2D eigenvalue weighted by molar-refractivity contribution is -0.0555. The van der Waals surface area contributed by atoms with Gasteiger partial charge in [-0.25, -0.2) is 4.79 Å². The van der Waals surface area contributed by atoms with E-state index in [1.165, 1.54) is 18.4 Å². The molecule has 34 heavy (non-hydrogen) atoms. The molecule has 3 fully saturated rings. The van der Waals surface area contributed by atoms with Crippen molar-refractivity contribution in [2.24, 2.45) is 13.0 Å². The zero-order valence-electron chi connectivity index (χ0n) is 19.4. The fourth-order valence-electron chi connectivity index (χ4n) is 6.25. The Kier molecular flexibility index (Phi) is 5.33. The molecule has 1 atom stereocenters. The molecule has 1 N–H and O–H groups in total. The fraction of sp³-hybridized carbons (Fsp3) is 0.560. The van der Waals surface area contributed by atoms with Crippen LogP contribution in [0.4, 0.5) is 4.79 Å². The lowest BCUT2D eigenvalue weighted by Gasteiger charge is -2.44. The summed E-state index contributed by atoms with van der Waals surface area (Å²) >= 11 is 6.47. The monoisotopic (exact) mass is 483 g/mol. The summed E-state index contributed by atoms with van der Waals surface area (Å²) in [4.78, 5) is 29.6. The normalized spacial score (nSPS) is 28.4. The second-order valence-electron chi connectivity index (χ2n) is 10.3. The Balaban J connectivity index is 1.26. The van der Waals surface area contributed by atoms with Crippen molar-refractivity contribution in [2.45, 2.75) is 50.3 Å². The zero-order valence-corrected chi connectivity index (χ0v) is 20.2. The summed E-state index contributed by atoms with van der Waals surface area (Å²) in [5, 5.41) is 7.70. The zero-order chi connectivity index (χ0) is 23.4. The van der Waals surface area contributed by atoms with Gasteiger partial charge in [0.25, 0.3) is 5.91 Å². The molecule has 0 radical (unpaired) electrons. The largest absolute Gasteiger partial charge is 0.441 e. The van der Waals surface area contributed by atoms with Crippen molar-refractivity contribution in [3.8, 4) is 0 Å². The van der Waals surface area contributed by atoms with E-state index in [1.54, 1.807) is 10.9 Å². The van der Waals surface area contributed by atoms with Gasteiger partial charge in [0.05, 0.1) is 29.5 Å². The number of aromatic nitrogens is 2. The first kappa shape index (κ1) is 21.9. The van der Waals surface area contributed by atoms with E-state index in [1.807, 2.05) is 18.0 Å². The molecule has 1 aromatic carbocycles. The molecule has 4 heterocycles. The van der Waals surface area contributed by atoms with E-state index in [0.29, 0.717) is 30.5 Å². The Labute approximate surface area is 204 Å². The molecule has 180 valence electrons. The number of ether oxygens (including phenoxy) is 1. The van der Waals surface area contributed by atoms with E-state index in [2.05, 4.69) is 27.4 Å². The first-order valence-corrected chi connectivity index (χ1v) is 12.6. The summed E-state index contributed by atoms with van der Waals surface area (Å²) in [6, 6.07) is 6.25. The number of halogens is 1. The molecule has 0 bridgehead atoms. The number of aryl methyl sites for hydroxylation is 1. The second kappa shape index (κ2) is 8.27. The van der Waals surface area contributed by atoms with Crippen LogP contribution < -0.4 is 5.32 Å². The highest BCUT2D eigenvalue weighted by molar-refractivity contribution is 6.31. The van der Waals surface area contributed by atoms with E-state index in [9.17, 15) is 9.59 Å². The smallest absolute Gasteiger partial charge is 0.407 e. The Morgan fingerprint density at radius 3 is 2.71 bits per heavy atom. The lowest BCUT2D eigenvalue weighted by Crippen LogP contribution is -2.51. The van der Waals surface area contributed by atoms with Crippen molar-refractivity contribution >= 4 is 23.6 Å². The Morgan fingerprint density at radius 1 is 1.24 bits per heavy atom. The third-order valence-electron chi connectivity index (χ3n) is 7.98. The van der Waals surface area contributed by atoms with Gasteiger partial charge in [0, 0.05) is 32.1 Å². The van der Waals surface area contributed by atoms with E-state index in [4.69, 9.17) is 16.3 Å². The molecular weight excluding hydrogens is 454 g/mol. The van der Waals surface area contributed by atoms with Crippen LogP contribution in [-0.4, -0.2) is 63.4 Å². The number of fused-ring (bicyclic) bond motifs is 1. The standard InChI is InChI=1S/C25H30ClN5O3/c1-29-22(20(26)12-28-29)9-21-19-8-16(13-30-6-2-3-7-30)4-5-18(19)23(32)31(21)14-17-10-25(11-17)15-27-24(33)34-25/h4-5,8,12,17,21H,2-3,6-7,9-11,13-15H2,1H3,(H,27,33). The topological polar surface area (TPSA) is 79.7 Å². The molecule has 1 aromatic heterocycles. The van der Waals surface area contributed by atoms with Gasteiger partial charge in [-0.15, -0.1) is 0 Å². The SMILES string of the molecule is Cn1ncc(Cl)c1CC1c2cc(CN3CCCC3)ccc2C(=O)N1CC1CC2(CNC(=O)O2)C1. The summed E-state index contributed by atoms with van der Waals surface area (Å²) in [5.74, 6) is 0.382. The molecule has 8 nitrogen and oxygen atoms in total. The molecule has 9 heteroatoms. The van der Waals surface area contributed by atoms with Gasteiger partial charge < -0.3 is 15.0 Å². The van der Waals surface area contributed by atoms with E-state index < -0.39 is 0 Å². The highest BCUT2D eigenvalue weighted by Gasteiger charge is 2.52. The average molecular weight is 484 g/mol. The third-order valence-corrected chi connectivity index (χ3v) is 8.30. The molecule has 1 spiro atoms. The van der Waals surface area contributed by atoms with Crippen LogP contribution in [0, 0.1) is 5.92 Å². The summed E-state index contributed by atoms with van der Waals surface area (Å²) in [6.45, 7) is 4.40. The first-order valence-electron chi connectivity index (χ1n) is 12.2. The summed E-state index contributed by atoms with van der Waals surface area (Å²) < 4.78 is 7.31. The minimum atomic E-state index is -0.388. The number of nitrogens with zero attached hydrogens (tertiary/aromatic N) is 4. The molecular formula is C25H30ClN5O3. The minimum absolute atomic E-state index is 0.0773. The van der Waals surface area contributed by atoms with Crippen molar-refractivity contribution in [1.29, 1.82) is 0 Å². The number of hydrogen-bond acceptors (Lipinski definition) is 5. The summed E-state index contributed by atoms with van der Waals surface area (Å²) in [5.41, 5.74) is 3.67. The number of amides is 2. The minimum Gasteiger partial charge on any atom is -0.441 e. The number of benzene rings is 1. The van der Waals surface area contributed by atoms with Crippen molar-refractivity contribution < 1.29 is 14.3 Å². The van der Waals surface area contributed by atoms with Gasteiger partial charge in [-0.05, 0) is 61.9 Å². The molecule has 2 amide bonds. The van der Waals surface area contributed by atoms with Gasteiger partial charge in [0.15, 0.2) is 0 Å². The molecule has 1 saturated carbocycles. The Bertz CT molecular complexity index is 1120. The van der Waals surface area contributed by atoms with Gasteiger partial charge in [0.1, 0.15) is 5.60 Å². The number of carbonyl (C=O) groups is 2. The molecule has 2 saturated heterocycles. The maximum Gasteiger partial charge on any atom is 0.407 e. The molecule has 4 aliphatic rings. The van der Waals surface area contributed by atoms with Crippen molar-refractivity contribution in [3.05, 3.63) is 51.8 Å². The van der Waals surface area contributed by atoms with Crippen LogP contribution in [0.5, 0.6) is 0 Å². The Morgan fingerprint density at radius 2 is 2.03 bits per heavy atom. The number of nitrogens with one attached hydrogen (secondary N) is 1. The van der Waals surface area contributed by atoms with Crippen LogP contribution in [0.1, 0.15) is 58.9 Å². The van der Waals surface area contributed by atoms with Crippen LogP contribution >= 0.6 is 11.6 Å². The van der Waals surface area contributed by atoms with Crippen LogP contribution in [0.25, 0.3) is 0 Å². The van der Waals surface area contributed by atoms with Gasteiger partial charge in [-0.2, -0.15) is 5.10 Å². The number of alkyl carbamates (subject to hydrolysis) is 1. The highest BCUT2D eigenvalue weighted by atomic mass is 35.5. The summed E-state index contributed by atoms with van der Waals surface area (Å²) in [7, 11) is 1.89. The van der Waals surface area contributed by atoms with Crippen LogP contribution in [0.15, 0.2) is 24.4 Å². The third kappa shape index (κ3) is 3.77. The molecule has 3 aliphatic heterocycles. The molecule has 2 aromatic rings. The second-order valence-corrected chi connectivity index (χ2v) is 10.8. The molecule has 1 unspecified atom stereocenters. The summed E-state index contributed by atoms with van der Waals surface area (Å²) in [6.07, 6.45) is 6.03.